The standard InChI is InChI=1S/C23H20N4O2/c1-16-13-26(15-24-16)20-9-10-21-22(28)25(11-12-27(21)23(20)29)14-18-7-4-6-17-5-2-3-8-19(17)18/h2-10,13,15H,11-12,14H2,1H3. The maximum absolute atomic E-state index is 13.1. The third-order valence-corrected chi connectivity index (χ3v) is 5.48. The van der Waals surface area contributed by atoms with E-state index < -0.39 is 0 Å². The van der Waals surface area contributed by atoms with Crippen LogP contribution in [0.4, 0.5) is 0 Å². The highest BCUT2D eigenvalue weighted by Gasteiger charge is 2.26. The number of rotatable bonds is 3. The zero-order valence-electron chi connectivity index (χ0n) is 16.1. The van der Waals surface area contributed by atoms with Gasteiger partial charge in [-0.25, -0.2) is 4.98 Å². The quantitative estimate of drug-likeness (QED) is 0.545. The van der Waals surface area contributed by atoms with E-state index in [1.54, 1.807) is 33.8 Å². The zero-order chi connectivity index (χ0) is 20.0. The molecule has 0 bridgehead atoms. The summed E-state index contributed by atoms with van der Waals surface area (Å²) in [6.45, 7) is 3.38. The summed E-state index contributed by atoms with van der Waals surface area (Å²) >= 11 is 0. The lowest BCUT2D eigenvalue weighted by Gasteiger charge is -2.30. The third kappa shape index (κ3) is 2.93. The van der Waals surface area contributed by atoms with Crippen LogP contribution in [0.2, 0.25) is 0 Å². The molecule has 1 amide bonds. The summed E-state index contributed by atoms with van der Waals surface area (Å²) < 4.78 is 3.28. The van der Waals surface area contributed by atoms with E-state index in [0.29, 0.717) is 31.0 Å². The minimum atomic E-state index is -0.168. The average molecular weight is 384 g/mol. The Morgan fingerprint density at radius 1 is 0.966 bits per heavy atom. The summed E-state index contributed by atoms with van der Waals surface area (Å²) in [5, 5.41) is 2.31. The first kappa shape index (κ1) is 17.4. The van der Waals surface area contributed by atoms with Gasteiger partial charge in [-0.05, 0) is 35.4 Å². The van der Waals surface area contributed by atoms with E-state index in [-0.39, 0.29) is 11.5 Å². The average Bonchev–Trinajstić information content (AvgIpc) is 3.17. The number of imidazole rings is 1. The fourth-order valence-corrected chi connectivity index (χ4v) is 4.00. The van der Waals surface area contributed by atoms with Gasteiger partial charge in [0.25, 0.3) is 11.5 Å². The molecule has 1 aliphatic rings. The lowest BCUT2D eigenvalue weighted by atomic mass is 10.0. The van der Waals surface area contributed by atoms with Gasteiger partial charge in [-0.2, -0.15) is 0 Å². The first-order valence-electron chi connectivity index (χ1n) is 9.62. The number of pyridine rings is 1. The van der Waals surface area contributed by atoms with Crippen LogP contribution in [0.25, 0.3) is 16.5 Å². The van der Waals surface area contributed by atoms with Crippen molar-refractivity contribution >= 4 is 16.7 Å². The first-order valence-corrected chi connectivity index (χ1v) is 9.62. The predicted octanol–water partition coefficient (Wildman–Crippen LogP) is 3.15. The molecule has 0 radical (unpaired) electrons. The molecule has 0 saturated heterocycles. The van der Waals surface area contributed by atoms with E-state index in [1.807, 2.05) is 30.0 Å². The topological polar surface area (TPSA) is 60.1 Å². The number of aromatic nitrogens is 3. The Labute approximate surface area is 167 Å². The van der Waals surface area contributed by atoms with E-state index in [2.05, 4.69) is 29.2 Å². The van der Waals surface area contributed by atoms with Crippen LogP contribution in [-0.2, 0) is 13.1 Å². The molecule has 0 N–H and O–H groups in total. The Morgan fingerprint density at radius 3 is 2.62 bits per heavy atom. The highest BCUT2D eigenvalue weighted by molar-refractivity contribution is 5.94. The molecule has 29 heavy (non-hydrogen) atoms. The van der Waals surface area contributed by atoms with Crippen molar-refractivity contribution in [3.63, 3.8) is 0 Å². The number of nitrogens with zero attached hydrogens (tertiary/aromatic N) is 4. The molecule has 0 unspecified atom stereocenters. The molecule has 4 aromatic rings. The molecule has 0 spiro atoms. The van der Waals surface area contributed by atoms with E-state index in [0.717, 1.165) is 22.0 Å². The van der Waals surface area contributed by atoms with Crippen LogP contribution in [0.1, 0.15) is 21.7 Å². The summed E-state index contributed by atoms with van der Waals surface area (Å²) in [4.78, 5) is 32.1. The van der Waals surface area contributed by atoms with Gasteiger partial charge in [0, 0.05) is 25.8 Å². The lowest BCUT2D eigenvalue weighted by molar-refractivity contribution is 0.0687. The summed E-state index contributed by atoms with van der Waals surface area (Å²) in [5.74, 6) is -0.116. The largest absolute Gasteiger partial charge is 0.331 e. The van der Waals surface area contributed by atoms with E-state index >= 15 is 0 Å². The number of amides is 1. The Bertz CT molecular complexity index is 1300. The highest BCUT2D eigenvalue weighted by Crippen LogP contribution is 2.22. The molecule has 0 atom stereocenters. The predicted molar refractivity (Wildman–Crippen MR) is 111 cm³/mol. The van der Waals surface area contributed by atoms with Gasteiger partial charge in [0.05, 0.1) is 12.0 Å². The Kier molecular flexibility index (Phi) is 4.05. The molecule has 3 heterocycles. The molecular weight excluding hydrogens is 364 g/mol. The van der Waals surface area contributed by atoms with Crippen LogP contribution in [-0.4, -0.2) is 31.5 Å². The van der Waals surface area contributed by atoms with Crippen molar-refractivity contribution in [1.29, 1.82) is 0 Å². The summed E-state index contributed by atoms with van der Waals surface area (Å²) in [6, 6.07) is 17.8. The van der Waals surface area contributed by atoms with Crippen LogP contribution in [0.15, 0.2) is 71.9 Å². The second-order valence-corrected chi connectivity index (χ2v) is 7.35. The molecule has 6 nitrogen and oxygen atoms in total. The van der Waals surface area contributed by atoms with Gasteiger partial charge < -0.3 is 14.0 Å². The summed E-state index contributed by atoms with van der Waals surface area (Å²) in [5.41, 5.74) is 2.71. The van der Waals surface area contributed by atoms with Crippen molar-refractivity contribution < 1.29 is 4.79 Å². The van der Waals surface area contributed by atoms with Crippen molar-refractivity contribution in [1.82, 2.24) is 19.0 Å². The monoisotopic (exact) mass is 384 g/mol. The second kappa shape index (κ2) is 6.74. The van der Waals surface area contributed by atoms with Crippen molar-refractivity contribution in [3.8, 4) is 5.69 Å². The van der Waals surface area contributed by atoms with Crippen molar-refractivity contribution in [2.75, 3.05) is 6.54 Å². The molecule has 0 aliphatic carbocycles. The number of hydrogen-bond acceptors (Lipinski definition) is 3. The van der Waals surface area contributed by atoms with Crippen LogP contribution in [0.5, 0.6) is 0 Å². The van der Waals surface area contributed by atoms with Crippen LogP contribution in [0, 0.1) is 6.92 Å². The third-order valence-electron chi connectivity index (χ3n) is 5.48. The lowest BCUT2D eigenvalue weighted by Crippen LogP contribution is -2.44. The number of fused-ring (bicyclic) bond motifs is 2. The van der Waals surface area contributed by atoms with Gasteiger partial charge in [-0.1, -0.05) is 42.5 Å². The molecule has 1 aliphatic heterocycles. The Hall–Kier alpha value is -3.67. The Balaban J connectivity index is 1.48. The minimum Gasteiger partial charge on any atom is -0.331 e. The summed E-state index contributed by atoms with van der Waals surface area (Å²) in [7, 11) is 0. The molecular formula is C23H20N4O2. The maximum Gasteiger partial charge on any atom is 0.275 e. The normalized spacial score (nSPS) is 13.7. The van der Waals surface area contributed by atoms with Gasteiger partial charge in [0.2, 0.25) is 0 Å². The molecule has 2 aromatic heterocycles. The fraction of sp³-hybridized carbons (Fsp3) is 0.174. The van der Waals surface area contributed by atoms with Crippen molar-refractivity contribution in [2.24, 2.45) is 0 Å². The molecule has 144 valence electrons. The fourth-order valence-electron chi connectivity index (χ4n) is 4.00. The van der Waals surface area contributed by atoms with Gasteiger partial charge in [-0.15, -0.1) is 0 Å². The highest BCUT2D eigenvalue weighted by atomic mass is 16.2. The van der Waals surface area contributed by atoms with Crippen LogP contribution >= 0.6 is 0 Å². The number of aryl methyl sites for hydroxylation is 1. The number of carbonyl (C=O) groups excluding carboxylic acids is 1. The van der Waals surface area contributed by atoms with Crippen molar-refractivity contribution in [3.05, 3.63) is 94.4 Å². The molecule has 6 heteroatoms. The first-order chi connectivity index (χ1) is 14.1. The molecule has 0 fully saturated rings. The number of benzene rings is 2. The van der Waals surface area contributed by atoms with E-state index in [1.165, 1.54) is 0 Å². The van der Waals surface area contributed by atoms with E-state index in [4.69, 9.17) is 0 Å². The molecule has 2 aromatic carbocycles. The van der Waals surface area contributed by atoms with E-state index in [9.17, 15) is 9.59 Å². The SMILES string of the molecule is Cc1cn(-c2ccc3n(c2=O)CCN(Cc2cccc4ccccc24)C3=O)cn1. The maximum atomic E-state index is 13.1. The van der Waals surface area contributed by atoms with Crippen molar-refractivity contribution in [2.45, 2.75) is 20.0 Å². The number of carbonyl (C=O) groups is 1. The van der Waals surface area contributed by atoms with Gasteiger partial charge in [0.1, 0.15) is 11.4 Å². The van der Waals surface area contributed by atoms with Crippen LogP contribution < -0.4 is 5.56 Å². The smallest absolute Gasteiger partial charge is 0.275 e. The number of hydrogen-bond donors (Lipinski definition) is 0. The zero-order valence-corrected chi connectivity index (χ0v) is 16.1. The van der Waals surface area contributed by atoms with Gasteiger partial charge >= 0.3 is 0 Å². The van der Waals surface area contributed by atoms with Crippen LogP contribution in [0.3, 0.4) is 0 Å². The second-order valence-electron chi connectivity index (χ2n) is 7.35. The summed E-state index contributed by atoms with van der Waals surface area (Å²) in [6.07, 6.45) is 3.43. The van der Waals surface area contributed by atoms with Gasteiger partial charge in [0.15, 0.2) is 0 Å². The minimum absolute atomic E-state index is 0.116. The van der Waals surface area contributed by atoms with Gasteiger partial charge in [-0.3, -0.25) is 9.59 Å². The molecule has 5 rings (SSSR count). The molecule has 0 saturated carbocycles. The Morgan fingerprint density at radius 2 is 1.79 bits per heavy atom.